The molecule has 34 heavy (non-hydrogen) atoms. The number of nitriles is 1. The number of carbonyl (C=O) groups is 1. The molecule has 3 N–H and O–H groups in total. The fourth-order valence-electron chi connectivity index (χ4n) is 3.63. The van der Waals surface area contributed by atoms with E-state index in [-0.39, 0.29) is 25.7 Å². The molecule has 1 amide bonds. The summed E-state index contributed by atoms with van der Waals surface area (Å²) in [5.74, 6) is 1.40. The second-order valence-electron chi connectivity index (χ2n) is 7.44. The van der Waals surface area contributed by atoms with Gasteiger partial charge in [0, 0.05) is 36.6 Å². The Morgan fingerprint density at radius 1 is 1.24 bits per heavy atom. The summed E-state index contributed by atoms with van der Waals surface area (Å²) in [7, 11) is 1.59. The van der Waals surface area contributed by atoms with Crippen molar-refractivity contribution < 1.29 is 19.4 Å². The smallest absolute Gasteiger partial charge is 0.239 e. The monoisotopic (exact) mass is 460 g/mol. The van der Waals surface area contributed by atoms with E-state index in [0.717, 1.165) is 16.9 Å². The van der Waals surface area contributed by atoms with E-state index in [2.05, 4.69) is 26.7 Å². The topological polar surface area (TPSA) is 133 Å². The minimum Gasteiger partial charge on any atom is -0.495 e. The van der Waals surface area contributed by atoms with Gasteiger partial charge in [0.1, 0.15) is 24.2 Å². The van der Waals surface area contributed by atoms with E-state index in [1.54, 1.807) is 37.6 Å². The molecule has 1 aliphatic rings. The maximum atomic E-state index is 11.8. The SMILES string of the molecule is COc1cc(Nc2nccc(-c3ccc(OCCO)c(C#N)c3)n2)ccc1N1CCNC(=O)C1. The van der Waals surface area contributed by atoms with Crippen molar-refractivity contribution >= 4 is 23.2 Å². The number of nitrogens with zero attached hydrogens (tertiary/aromatic N) is 4. The van der Waals surface area contributed by atoms with E-state index in [1.807, 2.05) is 23.1 Å². The van der Waals surface area contributed by atoms with E-state index in [0.29, 0.717) is 41.8 Å². The average Bonchev–Trinajstić information content (AvgIpc) is 2.87. The minimum atomic E-state index is -0.132. The first-order valence-electron chi connectivity index (χ1n) is 10.7. The molecule has 0 bridgehead atoms. The molecule has 10 heteroatoms. The Morgan fingerprint density at radius 3 is 2.88 bits per heavy atom. The number of aliphatic hydroxyl groups is 1. The summed E-state index contributed by atoms with van der Waals surface area (Å²) in [4.78, 5) is 22.6. The van der Waals surface area contributed by atoms with Crippen LogP contribution in [0.1, 0.15) is 5.56 Å². The molecular weight excluding hydrogens is 436 g/mol. The van der Waals surface area contributed by atoms with Gasteiger partial charge in [0.2, 0.25) is 11.9 Å². The zero-order chi connectivity index (χ0) is 23.9. The first-order chi connectivity index (χ1) is 16.6. The van der Waals surface area contributed by atoms with Gasteiger partial charge in [-0.25, -0.2) is 9.97 Å². The number of hydrogen-bond acceptors (Lipinski definition) is 9. The van der Waals surface area contributed by atoms with E-state index >= 15 is 0 Å². The molecule has 4 rings (SSSR count). The average molecular weight is 460 g/mol. The highest BCUT2D eigenvalue weighted by Crippen LogP contribution is 2.33. The number of benzene rings is 2. The maximum absolute atomic E-state index is 11.8. The van der Waals surface area contributed by atoms with E-state index in [9.17, 15) is 10.1 Å². The van der Waals surface area contributed by atoms with Crippen LogP contribution in [-0.4, -0.2) is 60.9 Å². The Balaban J connectivity index is 1.55. The summed E-state index contributed by atoms with van der Waals surface area (Å²) in [6.45, 7) is 1.55. The standard InChI is InChI=1S/C24H24N6O4/c1-33-22-13-18(3-4-20(22)30-9-8-26-23(32)15-30)28-24-27-7-6-19(29-24)16-2-5-21(34-11-10-31)17(12-16)14-25/h2-7,12-13,31H,8-11,15H2,1H3,(H,26,32)(H,27,28,29). The molecule has 10 nitrogen and oxygen atoms in total. The molecule has 0 atom stereocenters. The lowest BCUT2D eigenvalue weighted by molar-refractivity contribution is -0.120. The number of rotatable bonds is 8. The first kappa shape index (κ1) is 22.8. The number of aliphatic hydroxyl groups excluding tert-OH is 1. The van der Waals surface area contributed by atoms with Crippen LogP contribution in [0.2, 0.25) is 0 Å². The third-order valence-corrected chi connectivity index (χ3v) is 5.22. The third kappa shape index (κ3) is 5.16. The van der Waals surface area contributed by atoms with Crippen molar-refractivity contribution in [3.05, 3.63) is 54.2 Å². The molecule has 0 aliphatic carbocycles. The molecule has 1 saturated heterocycles. The Kier molecular flexibility index (Phi) is 7.05. The number of anilines is 3. The second-order valence-corrected chi connectivity index (χ2v) is 7.44. The zero-order valence-corrected chi connectivity index (χ0v) is 18.6. The van der Waals surface area contributed by atoms with Crippen LogP contribution >= 0.6 is 0 Å². The molecule has 0 saturated carbocycles. The van der Waals surface area contributed by atoms with E-state index in [4.69, 9.17) is 14.6 Å². The van der Waals surface area contributed by atoms with Gasteiger partial charge in [-0.3, -0.25) is 4.79 Å². The molecule has 2 aromatic carbocycles. The van der Waals surface area contributed by atoms with Crippen molar-refractivity contribution in [1.82, 2.24) is 15.3 Å². The molecule has 0 spiro atoms. The first-order valence-corrected chi connectivity index (χ1v) is 10.7. The zero-order valence-electron chi connectivity index (χ0n) is 18.6. The molecule has 0 unspecified atom stereocenters. The van der Waals surface area contributed by atoms with Crippen molar-refractivity contribution in [3.8, 4) is 28.8 Å². The lowest BCUT2D eigenvalue weighted by Gasteiger charge is -2.30. The van der Waals surface area contributed by atoms with Crippen LogP contribution in [0.15, 0.2) is 48.7 Å². The van der Waals surface area contributed by atoms with Gasteiger partial charge in [-0.2, -0.15) is 5.26 Å². The van der Waals surface area contributed by atoms with E-state index < -0.39 is 0 Å². The molecule has 3 aromatic rings. The van der Waals surface area contributed by atoms with Gasteiger partial charge in [-0.15, -0.1) is 0 Å². The minimum absolute atomic E-state index is 0.0201. The summed E-state index contributed by atoms with van der Waals surface area (Å²) in [5, 5.41) is 24.4. The highest BCUT2D eigenvalue weighted by molar-refractivity contribution is 5.83. The van der Waals surface area contributed by atoms with Gasteiger partial charge in [-0.1, -0.05) is 0 Å². The van der Waals surface area contributed by atoms with Crippen LogP contribution in [0.25, 0.3) is 11.3 Å². The summed E-state index contributed by atoms with van der Waals surface area (Å²) >= 11 is 0. The lowest BCUT2D eigenvalue weighted by atomic mass is 10.1. The van der Waals surface area contributed by atoms with Crippen LogP contribution in [-0.2, 0) is 4.79 Å². The van der Waals surface area contributed by atoms with Gasteiger partial charge in [0.15, 0.2) is 0 Å². The molecule has 174 valence electrons. The van der Waals surface area contributed by atoms with Crippen molar-refractivity contribution in [2.75, 3.05) is 50.2 Å². The van der Waals surface area contributed by atoms with Gasteiger partial charge in [-0.05, 0) is 36.4 Å². The maximum Gasteiger partial charge on any atom is 0.239 e. The summed E-state index contributed by atoms with van der Waals surface area (Å²) < 4.78 is 11.0. The summed E-state index contributed by atoms with van der Waals surface area (Å²) in [5.41, 5.74) is 3.28. The largest absolute Gasteiger partial charge is 0.495 e. The summed E-state index contributed by atoms with van der Waals surface area (Å²) in [6.07, 6.45) is 1.63. The van der Waals surface area contributed by atoms with Crippen molar-refractivity contribution in [2.45, 2.75) is 0 Å². The van der Waals surface area contributed by atoms with Gasteiger partial charge in [0.25, 0.3) is 0 Å². The molecule has 0 radical (unpaired) electrons. The highest BCUT2D eigenvalue weighted by Gasteiger charge is 2.20. The number of hydrogen-bond donors (Lipinski definition) is 3. The van der Waals surface area contributed by atoms with Crippen molar-refractivity contribution in [3.63, 3.8) is 0 Å². The van der Waals surface area contributed by atoms with Crippen LogP contribution in [0.4, 0.5) is 17.3 Å². The quantitative estimate of drug-likeness (QED) is 0.462. The van der Waals surface area contributed by atoms with Gasteiger partial charge in [0.05, 0.1) is 37.2 Å². The fourth-order valence-corrected chi connectivity index (χ4v) is 3.63. The Hall–Kier alpha value is -4.36. The molecule has 1 aliphatic heterocycles. The fraction of sp³-hybridized carbons (Fsp3) is 0.250. The number of amides is 1. The third-order valence-electron chi connectivity index (χ3n) is 5.22. The highest BCUT2D eigenvalue weighted by atomic mass is 16.5. The van der Waals surface area contributed by atoms with Crippen molar-refractivity contribution in [2.24, 2.45) is 0 Å². The Morgan fingerprint density at radius 2 is 2.12 bits per heavy atom. The Labute approximate surface area is 196 Å². The van der Waals surface area contributed by atoms with Gasteiger partial charge >= 0.3 is 0 Å². The van der Waals surface area contributed by atoms with Gasteiger partial charge < -0.3 is 30.1 Å². The predicted molar refractivity (Wildman–Crippen MR) is 126 cm³/mol. The molecular formula is C24H24N6O4. The number of nitrogens with one attached hydrogen (secondary N) is 2. The van der Waals surface area contributed by atoms with Crippen LogP contribution in [0.3, 0.4) is 0 Å². The van der Waals surface area contributed by atoms with Crippen LogP contribution in [0, 0.1) is 11.3 Å². The number of aromatic nitrogens is 2. The number of carbonyl (C=O) groups excluding carboxylic acids is 1. The number of methoxy groups -OCH3 is 1. The number of piperazine rings is 1. The normalized spacial score (nSPS) is 13.1. The van der Waals surface area contributed by atoms with Crippen LogP contribution in [0.5, 0.6) is 11.5 Å². The second kappa shape index (κ2) is 10.5. The van der Waals surface area contributed by atoms with Crippen molar-refractivity contribution in [1.29, 1.82) is 5.26 Å². The summed E-state index contributed by atoms with van der Waals surface area (Å²) in [6, 6.07) is 14.6. The number of ether oxygens (including phenoxy) is 2. The Bertz CT molecular complexity index is 1230. The lowest BCUT2D eigenvalue weighted by Crippen LogP contribution is -2.47. The molecule has 1 fully saturated rings. The molecule has 2 heterocycles. The predicted octanol–water partition coefficient (Wildman–Crippen LogP) is 2.07. The van der Waals surface area contributed by atoms with E-state index in [1.165, 1.54) is 0 Å². The van der Waals surface area contributed by atoms with Crippen LogP contribution < -0.4 is 25.0 Å². The molecule has 1 aromatic heterocycles.